The van der Waals surface area contributed by atoms with E-state index in [1.165, 1.54) is 66.4 Å². The van der Waals surface area contributed by atoms with Crippen LogP contribution in [0, 0.1) is 0 Å². The van der Waals surface area contributed by atoms with E-state index in [1.54, 1.807) is 0 Å². The topological polar surface area (TPSA) is 26.3 Å². The molecule has 0 amide bonds. The molecule has 2 heteroatoms. The van der Waals surface area contributed by atoms with Crippen LogP contribution in [-0.4, -0.2) is 0 Å². The molecule has 0 fully saturated rings. The molecule has 2 aromatic rings. The van der Waals surface area contributed by atoms with E-state index in [0.717, 1.165) is 48.7 Å². The maximum absolute atomic E-state index is 6.50. The molecule has 0 radical (unpaired) electrons. The fraction of sp³-hybridized carbons (Fsp3) is 0.355. The fourth-order valence-corrected chi connectivity index (χ4v) is 4.94. The molecule has 3 aliphatic carbocycles. The number of unbranched alkanes of at least 4 members (excludes halogenated alkanes) is 5. The average molecular weight is 439 g/mol. The molecule has 0 aromatic carbocycles. The summed E-state index contributed by atoms with van der Waals surface area (Å²) in [6, 6.07) is 6.42. The summed E-state index contributed by atoms with van der Waals surface area (Å²) in [5, 5.41) is 0. The molecule has 2 heterocycles. The second kappa shape index (κ2) is 10.3. The van der Waals surface area contributed by atoms with Crippen LogP contribution in [0.4, 0.5) is 0 Å². The number of hydrogen-bond donors (Lipinski definition) is 0. The van der Waals surface area contributed by atoms with Crippen molar-refractivity contribution in [2.45, 2.75) is 71.1 Å². The van der Waals surface area contributed by atoms with E-state index in [2.05, 4.69) is 73.7 Å². The second-order valence-electron chi connectivity index (χ2n) is 9.36. The molecule has 170 valence electrons. The molecule has 33 heavy (non-hydrogen) atoms. The predicted octanol–water partition coefficient (Wildman–Crippen LogP) is 9.39. The molecule has 2 nitrogen and oxygen atoms in total. The van der Waals surface area contributed by atoms with Gasteiger partial charge in [-0.3, -0.25) is 0 Å². The van der Waals surface area contributed by atoms with Crippen molar-refractivity contribution in [3.8, 4) is 11.5 Å². The summed E-state index contributed by atoms with van der Waals surface area (Å²) in [5.41, 5.74) is 6.61. The predicted molar refractivity (Wildman–Crippen MR) is 138 cm³/mol. The van der Waals surface area contributed by atoms with E-state index in [4.69, 9.17) is 8.83 Å². The third kappa shape index (κ3) is 5.00. The summed E-state index contributed by atoms with van der Waals surface area (Å²) in [4.78, 5) is 0. The molecular formula is C31H34O2. The van der Waals surface area contributed by atoms with Crippen LogP contribution in [-0.2, 0) is 6.42 Å². The molecule has 0 atom stereocenters. The number of hydrogen-bond acceptors (Lipinski definition) is 2. The first kappa shape index (κ1) is 21.8. The zero-order valence-corrected chi connectivity index (χ0v) is 19.7. The Morgan fingerprint density at radius 3 is 2.18 bits per heavy atom. The van der Waals surface area contributed by atoms with E-state index in [0.29, 0.717) is 0 Å². The van der Waals surface area contributed by atoms with Crippen molar-refractivity contribution in [3.05, 3.63) is 95.0 Å². The van der Waals surface area contributed by atoms with Gasteiger partial charge < -0.3 is 8.83 Å². The van der Waals surface area contributed by atoms with Crippen molar-refractivity contribution in [2.24, 2.45) is 0 Å². The molecule has 0 spiro atoms. The Morgan fingerprint density at radius 1 is 0.667 bits per heavy atom. The summed E-state index contributed by atoms with van der Waals surface area (Å²) in [7, 11) is 0. The van der Waals surface area contributed by atoms with Crippen molar-refractivity contribution >= 4 is 11.1 Å². The van der Waals surface area contributed by atoms with Crippen LogP contribution >= 0.6 is 0 Å². The Balaban J connectivity index is 1.33. The van der Waals surface area contributed by atoms with Crippen LogP contribution < -0.4 is 0 Å². The van der Waals surface area contributed by atoms with Crippen LogP contribution in [0.2, 0.25) is 0 Å². The summed E-state index contributed by atoms with van der Waals surface area (Å²) >= 11 is 0. The fourth-order valence-electron chi connectivity index (χ4n) is 4.94. The van der Waals surface area contributed by atoms with Crippen LogP contribution in [0.1, 0.15) is 81.8 Å². The van der Waals surface area contributed by atoms with Gasteiger partial charge in [0.15, 0.2) is 11.5 Å². The van der Waals surface area contributed by atoms with E-state index in [-0.39, 0.29) is 0 Å². The monoisotopic (exact) mass is 438 g/mol. The van der Waals surface area contributed by atoms with Gasteiger partial charge in [0.2, 0.25) is 0 Å². The van der Waals surface area contributed by atoms with Gasteiger partial charge in [0.1, 0.15) is 11.5 Å². The summed E-state index contributed by atoms with van der Waals surface area (Å²) < 4.78 is 12.8. The lowest BCUT2D eigenvalue weighted by Crippen LogP contribution is -1.87. The van der Waals surface area contributed by atoms with Gasteiger partial charge in [-0.15, -0.1) is 0 Å². The maximum atomic E-state index is 6.50. The van der Waals surface area contributed by atoms with E-state index >= 15 is 0 Å². The molecule has 3 aliphatic rings. The minimum absolute atomic E-state index is 0.847. The van der Waals surface area contributed by atoms with E-state index < -0.39 is 0 Å². The highest BCUT2D eigenvalue weighted by atomic mass is 16.4. The molecule has 0 bridgehead atoms. The van der Waals surface area contributed by atoms with Gasteiger partial charge in [-0.05, 0) is 66.2 Å². The Labute approximate surface area is 197 Å². The van der Waals surface area contributed by atoms with Crippen molar-refractivity contribution in [2.75, 3.05) is 0 Å². The second-order valence-corrected chi connectivity index (χ2v) is 9.36. The van der Waals surface area contributed by atoms with E-state index in [9.17, 15) is 0 Å². The lowest BCUT2D eigenvalue weighted by Gasteiger charge is -2.04. The first-order valence-electron chi connectivity index (χ1n) is 12.7. The highest BCUT2D eigenvalue weighted by Crippen LogP contribution is 2.39. The first-order chi connectivity index (χ1) is 16.3. The summed E-state index contributed by atoms with van der Waals surface area (Å²) in [6.07, 6.45) is 29.2. The quantitative estimate of drug-likeness (QED) is 0.327. The molecule has 0 N–H and O–H groups in total. The minimum atomic E-state index is 0.847. The smallest absolute Gasteiger partial charge is 0.173 e. The molecule has 0 unspecified atom stereocenters. The van der Waals surface area contributed by atoms with Gasteiger partial charge in [-0.25, -0.2) is 0 Å². The van der Waals surface area contributed by atoms with Crippen LogP contribution in [0.5, 0.6) is 0 Å². The van der Waals surface area contributed by atoms with Crippen LogP contribution in [0.3, 0.4) is 0 Å². The maximum Gasteiger partial charge on any atom is 0.173 e. The number of furan rings is 2. The molecule has 0 saturated carbocycles. The van der Waals surface area contributed by atoms with Crippen molar-refractivity contribution in [1.82, 2.24) is 0 Å². The minimum Gasteiger partial charge on any atom is -0.453 e. The molecular weight excluding hydrogens is 404 g/mol. The van der Waals surface area contributed by atoms with Gasteiger partial charge >= 0.3 is 0 Å². The highest BCUT2D eigenvalue weighted by Gasteiger charge is 2.22. The van der Waals surface area contributed by atoms with Crippen LogP contribution in [0.15, 0.2) is 86.8 Å². The zero-order chi connectivity index (χ0) is 22.5. The SMILES string of the molecule is CCCCCCCCc1cc(C2=CC=C(C3=CC=CC3)C2)oc1-c1ccc(C2=CC=CC2)o1. The van der Waals surface area contributed by atoms with Gasteiger partial charge in [0.25, 0.3) is 0 Å². The Morgan fingerprint density at radius 2 is 1.39 bits per heavy atom. The van der Waals surface area contributed by atoms with Gasteiger partial charge in [-0.1, -0.05) is 87.6 Å². The Bertz CT molecular complexity index is 1170. The zero-order valence-electron chi connectivity index (χ0n) is 19.7. The Hall–Kier alpha value is -3.00. The standard InChI is InChI=1S/C31H34O2/c1-2-3-4-5-6-7-16-27-22-30(26-18-17-25(21-26)23-12-8-9-13-23)33-31(27)29-20-19-28(32-29)24-14-10-11-15-24/h8-12,14,17-20,22H,2-7,13,15-16,21H2,1H3. The van der Waals surface area contributed by atoms with Gasteiger partial charge in [-0.2, -0.15) is 0 Å². The third-order valence-corrected chi connectivity index (χ3v) is 6.89. The van der Waals surface area contributed by atoms with Crippen molar-refractivity contribution in [1.29, 1.82) is 0 Å². The van der Waals surface area contributed by atoms with Crippen LogP contribution in [0.25, 0.3) is 22.7 Å². The van der Waals surface area contributed by atoms with Crippen molar-refractivity contribution in [3.63, 3.8) is 0 Å². The van der Waals surface area contributed by atoms with Gasteiger partial charge in [0, 0.05) is 12.0 Å². The Kier molecular flexibility index (Phi) is 6.81. The molecule has 2 aromatic heterocycles. The lowest BCUT2D eigenvalue weighted by atomic mass is 10.0. The largest absolute Gasteiger partial charge is 0.453 e. The summed E-state index contributed by atoms with van der Waals surface area (Å²) in [6.45, 7) is 2.27. The van der Waals surface area contributed by atoms with Gasteiger partial charge in [0.05, 0.1) is 0 Å². The highest BCUT2D eigenvalue weighted by molar-refractivity contribution is 5.75. The van der Waals surface area contributed by atoms with Crippen molar-refractivity contribution < 1.29 is 8.83 Å². The number of allylic oxidation sites excluding steroid dienone is 12. The average Bonchev–Trinajstić information content (AvgIpc) is 3.65. The number of rotatable bonds is 11. The summed E-state index contributed by atoms with van der Waals surface area (Å²) in [5.74, 6) is 3.69. The third-order valence-electron chi connectivity index (χ3n) is 6.89. The molecule has 0 aliphatic heterocycles. The normalized spacial score (nSPS) is 17.0. The molecule has 5 rings (SSSR count). The van der Waals surface area contributed by atoms with E-state index in [1.807, 2.05) is 0 Å². The lowest BCUT2D eigenvalue weighted by molar-refractivity contribution is 0.507. The molecule has 0 saturated heterocycles. The first-order valence-corrected chi connectivity index (χ1v) is 12.7. The number of aryl methyl sites for hydroxylation is 1.